The summed E-state index contributed by atoms with van der Waals surface area (Å²) in [6.07, 6.45) is 2.95. The van der Waals surface area contributed by atoms with Crippen LogP contribution in [0.1, 0.15) is 26.3 Å². The van der Waals surface area contributed by atoms with E-state index in [0.717, 1.165) is 5.56 Å². The lowest BCUT2D eigenvalue weighted by Crippen LogP contribution is -2.16. The topological polar surface area (TPSA) is 85.9 Å². The fourth-order valence-electron chi connectivity index (χ4n) is 1.89. The standard InChI is InChI=1S/C14H17N3O2S.ClH/c1-14(2,3)10-4-5-13(20(15,18)19)11(8-10)12-6-7-16-9-17-12;/h4-9H,1-3H3,(H2,15,18,19);1H. The monoisotopic (exact) mass is 327 g/mol. The Hall–Kier alpha value is -1.50. The lowest BCUT2D eigenvalue weighted by atomic mass is 9.86. The molecule has 0 spiro atoms. The van der Waals surface area contributed by atoms with Crippen molar-refractivity contribution >= 4 is 22.4 Å². The van der Waals surface area contributed by atoms with Gasteiger partial charge in [0.05, 0.1) is 10.6 Å². The molecule has 2 rings (SSSR count). The molecule has 0 aliphatic carbocycles. The van der Waals surface area contributed by atoms with Gasteiger partial charge in [-0.15, -0.1) is 12.4 Å². The first-order chi connectivity index (χ1) is 9.19. The molecule has 1 aromatic heterocycles. The molecular weight excluding hydrogens is 310 g/mol. The SMILES string of the molecule is CC(C)(C)c1ccc(S(N)(=O)=O)c(-c2ccncn2)c1.Cl. The number of nitrogens with zero attached hydrogens (tertiary/aromatic N) is 2. The maximum atomic E-state index is 11.7. The average Bonchev–Trinajstić information content (AvgIpc) is 2.37. The van der Waals surface area contributed by atoms with Crippen molar-refractivity contribution in [1.29, 1.82) is 0 Å². The zero-order chi connectivity index (χ0) is 15.0. The van der Waals surface area contributed by atoms with Crippen LogP contribution in [0.15, 0.2) is 41.7 Å². The van der Waals surface area contributed by atoms with Gasteiger partial charge >= 0.3 is 0 Å². The van der Waals surface area contributed by atoms with Gasteiger partial charge in [0.15, 0.2) is 0 Å². The fraction of sp³-hybridized carbons (Fsp3) is 0.286. The lowest BCUT2D eigenvalue weighted by Gasteiger charge is -2.20. The quantitative estimate of drug-likeness (QED) is 0.918. The Kier molecular flexibility index (Phi) is 5.09. The van der Waals surface area contributed by atoms with E-state index in [0.29, 0.717) is 11.3 Å². The van der Waals surface area contributed by atoms with E-state index >= 15 is 0 Å². The van der Waals surface area contributed by atoms with Crippen molar-refractivity contribution < 1.29 is 8.42 Å². The van der Waals surface area contributed by atoms with E-state index in [1.54, 1.807) is 18.3 Å². The van der Waals surface area contributed by atoms with Crippen LogP contribution in [0.2, 0.25) is 0 Å². The van der Waals surface area contributed by atoms with E-state index < -0.39 is 10.0 Å². The third-order valence-corrected chi connectivity index (χ3v) is 3.98. The van der Waals surface area contributed by atoms with Gasteiger partial charge in [0, 0.05) is 11.8 Å². The van der Waals surface area contributed by atoms with Gasteiger partial charge < -0.3 is 0 Å². The van der Waals surface area contributed by atoms with Crippen molar-refractivity contribution in [3.05, 3.63) is 42.4 Å². The predicted octanol–water partition coefficient (Wildman–Crippen LogP) is 2.51. The van der Waals surface area contributed by atoms with Crippen LogP contribution in [-0.2, 0) is 15.4 Å². The Labute approximate surface area is 131 Å². The van der Waals surface area contributed by atoms with E-state index in [-0.39, 0.29) is 22.7 Å². The van der Waals surface area contributed by atoms with Crippen LogP contribution in [0.4, 0.5) is 0 Å². The molecule has 0 saturated carbocycles. The molecule has 5 nitrogen and oxygen atoms in total. The first-order valence-electron chi connectivity index (χ1n) is 6.13. The maximum absolute atomic E-state index is 11.7. The highest BCUT2D eigenvalue weighted by atomic mass is 35.5. The maximum Gasteiger partial charge on any atom is 0.238 e. The number of primary sulfonamides is 1. The molecule has 7 heteroatoms. The highest BCUT2D eigenvalue weighted by Gasteiger charge is 2.20. The van der Waals surface area contributed by atoms with Gasteiger partial charge in [-0.25, -0.2) is 23.5 Å². The van der Waals surface area contributed by atoms with Crippen LogP contribution in [-0.4, -0.2) is 18.4 Å². The minimum Gasteiger partial charge on any atom is -0.245 e. The summed E-state index contributed by atoms with van der Waals surface area (Å²) in [5.41, 5.74) is 1.95. The second-order valence-electron chi connectivity index (χ2n) is 5.60. The first-order valence-corrected chi connectivity index (χ1v) is 7.68. The Morgan fingerprint density at radius 1 is 1.14 bits per heavy atom. The summed E-state index contributed by atoms with van der Waals surface area (Å²) >= 11 is 0. The molecule has 0 saturated heterocycles. The number of aromatic nitrogens is 2. The van der Waals surface area contributed by atoms with E-state index in [1.165, 1.54) is 12.4 Å². The van der Waals surface area contributed by atoms with Crippen LogP contribution in [0.5, 0.6) is 0 Å². The minimum atomic E-state index is -3.80. The van der Waals surface area contributed by atoms with Crippen LogP contribution in [0.25, 0.3) is 11.3 Å². The molecule has 0 unspecified atom stereocenters. The normalized spacial score (nSPS) is 11.8. The number of hydrogen-bond acceptors (Lipinski definition) is 4. The molecule has 114 valence electrons. The molecule has 0 aliphatic heterocycles. The highest BCUT2D eigenvalue weighted by molar-refractivity contribution is 7.89. The second kappa shape index (κ2) is 6.09. The van der Waals surface area contributed by atoms with Gasteiger partial charge in [-0.2, -0.15) is 0 Å². The Morgan fingerprint density at radius 3 is 2.29 bits per heavy atom. The molecular formula is C14H18ClN3O2S. The van der Waals surface area contributed by atoms with Crippen LogP contribution >= 0.6 is 12.4 Å². The first kappa shape index (κ1) is 17.6. The fourth-order valence-corrected chi connectivity index (χ4v) is 2.62. The van der Waals surface area contributed by atoms with Gasteiger partial charge in [-0.3, -0.25) is 0 Å². The number of rotatable bonds is 2. The Bertz CT molecular complexity index is 726. The molecule has 0 fully saturated rings. The molecule has 0 aliphatic rings. The summed E-state index contributed by atoms with van der Waals surface area (Å²) in [4.78, 5) is 8.03. The lowest BCUT2D eigenvalue weighted by molar-refractivity contribution is 0.587. The summed E-state index contributed by atoms with van der Waals surface area (Å²) in [6.45, 7) is 6.17. The Balaban J connectivity index is 0.00000220. The Morgan fingerprint density at radius 2 is 1.81 bits per heavy atom. The molecule has 0 bridgehead atoms. The van der Waals surface area contributed by atoms with Crippen molar-refractivity contribution in [3.8, 4) is 11.3 Å². The number of sulfonamides is 1. The second-order valence-corrected chi connectivity index (χ2v) is 7.13. The summed E-state index contributed by atoms with van der Waals surface area (Å²) < 4.78 is 23.4. The summed E-state index contributed by atoms with van der Waals surface area (Å²) in [5, 5.41) is 5.28. The van der Waals surface area contributed by atoms with Crippen LogP contribution in [0.3, 0.4) is 0 Å². The number of halogens is 1. The van der Waals surface area contributed by atoms with Crippen LogP contribution in [0, 0.1) is 0 Å². The summed E-state index contributed by atoms with van der Waals surface area (Å²) in [6, 6.07) is 6.80. The van der Waals surface area contributed by atoms with Crippen molar-refractivity contribution in [2.75, 3.05) is 0 Å². The number of benzene rings is 1. The summed E-state index contributed by atoms with van der Waals surface area (Å²) in [5.74, 6) is 0. The average molecular weight is 328 g/mol. The van der Waals surface area contributed by atoms with Gasteiger partial charge in [0.2, 0.25) is 10.0 Å². The third kappa shape index (κ3) is 4.00. The molecule has 2 N–H and O–H groups in total. The molecule has 0 radical (unpaired) electrons. The van der Waals surface area contributed by atoms with E-state index in [1.807, 2.05) is 6.07 Å². The van der Waals surface area contributed by atoms with Gasteiger partial charge in [-0.05, 0) is 29.2 Å². The van der Waals surface area contributed by atoms with Crippen LogP contribution < -0.4 is 5.14 Å². The largest absolute Gasteiger partial charge is 0.245 e. The highest BCUT2D eigenvalue weighted by Crippen LogP contribution is 2.31. The minimum absolute atomic E-state index is 0. The van der Waals surface area contributed by atoms with E-state index in [2.05, 4.69) is 30.7 Å². The number of hydrogen-bond donors (Lipinski definition) is 1. The zero-order valence-corrected chi connectivity index (χ0v) is 13.7. The molecule has 2 aromatic rings. The molecule has 0 amide bonds. The van der Waals surface area contributed by atoms with E-state index in [9.17, 15) is 8.42 Å². The molecule has 0 atom stereocenters. The molecule has 1 heterocycles. The van der Waals surface area contributed by atoms with Gasteiger partial charge in [-0.1, -0.05) is 26.8 Å². The predicted molar refractivity (Wildman–Crippen MR) is 84.8 cm³/mol. The number of nitrogens with two attached hydrogens (primary N) is 1. The van der Waals surface area contributed by atoms with Crippen molar-refractivity contribution in [1.82, 2.24) is 9.97 Å². The van der Waals surface area contributed by atoms with Gasteiger partial charge in [0.1, 0.15) is 6.33 Å². The van der Waals surface area contributed by atoms with Crippen molar-refractivity contribution in [2.45, 2.75) is 31.1 Å². The smallest absolute Gasteiger partial charge is 0.238 e. The zero-order valence-electron chi connectivity index (χ0n) is 12.1. The third-order valence-electron chi connectivity index (χ3n) is 3.01. The van der Waals surface area contributed by atoms with E-state index in [4.69, 9.17) is 5.14 Å². The molecule has 1 aromatic carbocycles. The van der Waals surface area contributed by atoms with Crippen molar-refractivity contribution in [3.63, 3.8) is 0 Å². The van der Waals surface area contributed by atoms with Gasteiger partial charge in [0.25, 0.3) is 0 Å². The molecule has 21 heavy (non-hydrogen) atoms. The van der Waals surface area contributed by atoms with Crippen molar-refractivity contribution in [2.24, 2.45) is 5.14 Å². The summed E-state index contributed by atoms with van der Waals surface area (Å²) in [7, 11) is -3.80.